The minimum absolute atomic E-state index is 0.141. The van der Waals surface area contributed by atoms with Crippen molar-refractivity contribution < 1.29 is 14.6 Å². The zero-order valence-corrected chi connectivity index (χ0v) is 15.0. The Bertz CT molecular complexity index is 569. The van der Waals surface area contributed by atoms with Crippen molar-refractivity contribution >= 4 is 5.91 Å². The first-order chi connectivity index (χ1) is 12.1. The lowest BCUT2D eigenvalue weighted by Gasteiger charge is -2.35. The van der Waals surface area contributed by atoms with Crippen molar-refractivity contribution in [2.45, 2.75) is 31.9 Å². The molecule has 25 heavy (non-hydrogen) atoms. The van der Waals surface area contributed by atoms with Crippen LogP contribution in [0.2, 0.25) is 0 Å². The largest absolute Gasteiger partial charge is 0.491 e. The number of para-hydroxylation sites is 1. The molecule has 1 aromatic rings. The Hall–Kier alpha value is -1.63. The van der Waals surface area contributed by atoms with E-state index in [-0.39, 0.29) is 5.91 Å². The Balaban J connectivity index is 1.32. The number of aryl methyl sites for hydroxylation is 1. The summed E-state index contributed by atoms with van der Waals surface area (Å²) >= 11 is 0. The zero-order valence-electron chi connectivity index (χ0n) is 15.0. The quantitative estimate of drug-likeness (QED) is 0.722. The Kier molecular flexibility index (Phi) is 6.29. The van der Waals surface area contributed by atoms with Gasteiger partial charge >= 0.3 is 0 Å². The van der Waals surface area contributed by atoms with Crippen LogP contribution in [0.4, 0.5) is 0 Å². The van der Waals surface area contributed by atoms with Gasteiger partial charge in [0, 0.05) is 38.8 Å². The summed E-state index contributed by atoms with van der Waals surface area (Å²) in [4.78, 5) is 16.3. The van der Waals surface area contributed by atoms with E-state index in [2.05, 4.69) is 15.1 Å². The molecule has 1 atom stereocenters. The number of carbonyl (C=O) groups is 1. The van der Waals surface area contributed by atoms with E-state index in [1.165, 1.54) is 0 Å². The molecule has 0 spiro atoms. The minimum Gasteiger partial charge on any atom is -0.491 e. The molecule has 6 heteroatoms. The van der Waals surface area contributed by atoms with Gasteiger partial charge in [-0.1, -0.05) is 18.2 Å². The van der Waals surface area contributed by atoms with Crippen molar-refractivity contribution in [3.8, 4) is 5.75 Å². The number of aliphatic hydroxyl groups excluding tert-OH is 1. The van der Waals surface area contributed by atoms with Crippen LogP contribution >= 0.6 is 0 Å². The van der Waals surface area contributed by atoms with E-state index in [0.29, 0.717) is 25.7 Å². The fourth-order valence-electron chi connectivity index (χ4n) is 3.09. The van der Waals surface area contributed by atoms with Gasteiger partial charge in [-0.25, -0.2) is 0 Å². The Morgan fingerprint density at radius 2 is 1.92 bits per heavy atom. The molecule has 1 unspecified atom stereocenters. The fourth-order valence-corrected chi connectivity index (χ4v) is 3.09. The number of ether oxygens (including phenoxy) is 1. The third kappa shape index (κ3) is 5.99. The lowest BCUT2D eigenvalue weighted by atomic mass is 10.2. The highest BCUT2D eigenvalue weighted by Crippen LogP contribution is 2.18. The zero-order chi connectivity index (χ0) is 17.6. The van der Waals surface area contributed by atoms with Crippen molar-refractivity contribution in [1.29, 1.82) is 0 Å². The molecule has 1 aliphatic carbocycles. The summed E-state index contributed by atoms with van der Waals surface area (Å²) in [6.45, 7) is 6.87. The number of piperazine rings is 1. The summed E-state index contributed by atoms with van der Waals surface area (Å²) in [5.41, 5.74) is 1.08. The van der Waals surface area contributed by atoms with E-state index in [0.717, 1.165) is 50.3 Å². The molecule has 2 aliphatic rings. The fraction of sp³-hybridized carbons (Fsp3) is 0.632. The van der Waals surface area contributed by atoms with Crippen molar-refractivity contribution in [3.63, 3.8) is 0 Å². The van der Waals surface area contributed by atoms with Crippen LogP contribution in [-0.4, -0.2) is 78.8 Å². The normalized spacial score (nSPS) is 20.2. The van der Waals surface area contributed by atoms with Crippen LogP contribution in [0, 0.1) is 6.92 Å². The lowest BCUT2D eigenvalue weighted by molar-refractivity contribution is -0.122. The molecule has 1 heterocycles. The second-order valence-corrected chi connectivity index (χ2v) is 7.15. The van der Waals surface area contributed by atoms with Gasteiger partial charge in [-0.15, -0.1) is 0 Å². The number of hydrogen-bond donors (Lipinski definition) is 2. The molecule has 6 nitrogen and oxygen atoms in total. The highest BCUT2D eigenvalue weighted by Gasteiger charge is 2.25. The third-order valence-corrected chi connectivity index (χ3v) is 4.77. The Morgan fingerprint density at radius 1 is 1.24 bits per heavy atom. The van der Waals surface area contributed by atoms with Crippen molar-refractivity contribution in [1.82, 2.24) is 15.1 Å². The third-order valence-electron chi connectivity index (χ3n) is 4.77. The second kappa shape index (κ2) is 8.65. The van der Waals surface area contributed by atoms with Crippen LogP contribution in [0.3, 0.4) is 0 Å². The number of carbonyl (C=O) groups excluding carboxylic acids is 1. The van der Waals surface area contributed by atoms with E-state index in [9.17, 15) is 9.90 Å². The summed E-state index contributed by atoms with van der Waals surface area (Å²) in [5, 5.41) is 13.3. The predicted octanol–water partition coefficient (Wildman–Crippen LogP) is 0.631. The van der Waals surface area contributed by atoms with Crippen LogP contribution in [0.25, 0.3) is 0 Å². The summed E-state index contributed by atoms with van der Waals surface area (Å²) in [6.07, 6.45) is 1.74. The number of nitrogens with one attached hydrogen (secondary N) is 1. The van der Waals surface area contributed by atoms with Gasteiger partial charge in [0.15, 0.2) is 0 Å². The Morgan fingerprint density at radius 3 is 2.60 bits per heavy atom. The van der Waals surface area contributed by atoms with Gasteiger partial charge in [0.05, 0.1) is 6.54 Å². The van der Waals surface area contributed by atoms with Gasteiger partial charge < -0.3 is 15.2 Å². The first-order valence-electron chi connectivity index (χ1n) is 9.21. The van der Waals surface area contributed by atoms with Crippen LogP contribution in [0.1, 0.15) is 18.4 Å². The van der Waals surface area contributed by atoms with Crippen molar-refractivity contribution in [2.75, 3.05) is 45.9 Å². The molecule has 1 aliphatic heterocycles. The number of amides is 1. The molecule has 1 aromatic carbocycles. The highest BCUT2D eigenvalue weighted by molar-refractivity contribution is 5.78. The molecule has 2 fully saturated rings. The molecule has 0 aromatic heterocycles. The predicted molar refractivity (Wildman–Crippen MR) is 96.7 cm³/mol. The van der Waals surface area contributed by atoms with E-state index >= 15 is 0 Å². The average Bonchev–Trinajstić information content (AvgIpc) is 3.40. The van der Waals surface area contributed by atoms with Gasteiger partial charge in [0.2, 0.25) is 5.91 Å². The lowest BCUT2D eigenvalue weighted by Crippen LogP contribution is -2.51. The minimum atomic E-state index is -0.510. The topological polar surface area (TPSA) is 65.0 Å². The number of rotatable bonds is 8. The van der Waals surface area contributed by atoms with Crippen molar-refractivity contribution in [3.05, 3.63) is 29.8 Å². The standard InChI is InChI=1S/C19H29N3O3/c1-15-4-2-3-5-18(15)25-14-17(23)12-21-8-10-22(11-9-21)13-19(24)20-16-6-7-16/h2-5,16-17,23H,6-14H2,1H3,(H,20,24). The summed E-state index contributed by atoms with van der Waals surface area (Å²) in [6, 6.07) is 8.27. The first kappa shape index (κ1) is 18.2. The van der Waals surface area contributed by atoms with Crippen molar-refractivity contribution in [2.24, 2.45) is 0 Å². The van der Waals surface area contributed by atoms with E-state index in [1.54, 1.807) is 0 Å². The average molecular weight is 347 g/mol. The number of aliphatic hydroxyl groups is 1. The maximum Gasteiger partial charge on any atom is 0.234 e. The van der Waals surface area contributed by atoms with Gasteiger partial charge in [-0.3, -0.25) is 14.6 Å². The molecule has 3 rings (SSSR count). The first-order valence-corrected chi connectivity index (χ1v) is 9.21. The molecular formula is C19H29N3O3. The SMILES string of the molecule is Cc1ccccc1OCC(O)CN1CCN(CC(=O)NC2CC2)CC1. The Labute approximate surface area is 149 Å². The molecule has 138 valence electrons. The molecule has 0 bridgehead atoms. The molecule has 0 radical (unpaired) electrons. The maximum atomic E-state index is 11.8. The second-order valence-electron chi connectivity index (χ2n) is 7.15. The molecule has 2 N–H and O–H groups in total. The number of nitrogens with zero attached hydrogens (tertiary/aromatic N) is 2. The van der Waals surface area contributed by atoms with Gasteiger partial charge in [-0.2, -0.15) is 0 Å². The molecule has 1 amide bonds. The van der Waals surface area contributed by atoms with E-state index in [4.69, 9.17) is 4.74 Å². The van der Waals surface area contributed by atoms with E-state index in [1.807, 2.05) is 31.2 Å². The van der Waals surface area contributed by atoms with Crippen LogP contribution in [-0.2, 0) is 4.79 Å². The van der Waals surface area contributed by atoms with Gasteiger partial charge in [0.1, 0.15) is 18.5 Å². The van der Waals surface area contributed by atoms with Gasteiger partial charge in [-0.05, 0) is 31.4 Å². The van der Waals surface area contributed by atoms with Crippen LogP contribution < -0.4 is 10.1 Å². The van der Waals surface area contributed by atoms with Crippen LogP contribution in [0.15, 0.2) is 24.3 Å². The molecule has 1 saturated carbocycles. The summed E-state index contributed by atoms with van der Waals surface area (Å²) < 4.78 is 5.72. The summed E-state index contributed by atoms with van der Waals surface area (Å²) in [7, 11) is 0. The molecular weight excluding hydrogens is 318 g/mol. The number of hydrogen-bond acceptors (Lipinski definition) is 5. The monoisotopic (exact) mass is 347 g/mol. The molecule has 1 saturated heterocycles. The maximum absolute atomic E-state index is 11.8. The van der Waals surface area contributed by atoms with Crippen LogP contribution in [0.5, 0.6) is 5.75 Å². The smallest absolute Gasteiger partial charge is 0.234 e. The highest BCUT2D eigenvalue weighted by atomic mass is 16.5. The number of benzene rings is 1. The summed E-state index contributed by atoms with van der Waals surface area (Å²) in [5.74, 6) is 0.968. The van der Waals surface area contributed by atoms with E-state index < -0.39 is 6.10 Å². The number of β-amino-alcohol motifs (C(OH)–C–C–N with tert-alkyl or cyclic N) is 1. The van der Waals surface area contributed by atoms with Gasteiger partial charge in [0.25, 0.3) is 0 Å².